The van der Waals surface area contributed by atoms with E-state index in [0.29, 0.717) is 24.4 Å². The first-order valence-electron chi connectivity index (χ1n) is 6.75. The van der Waals surface area contributed by atoms with E-state index in [0.717, 1.165) is 6.07 Å². The normalized spacial score (nSPS) is 21.1. The lowest BCUT2D eigenvalue weighted by Gasteiger charge is -2.21. The molecule has 1 aliphatic heterocycles. The van der Waals surface area contributed by atoms with Gasteiger partial charge >= 0.3 is 0 Å². The van der Waals surface area contributed by atoms with Crippen LogP contribution in [0.5, 0.6) is 5.75 Å². The minimum absolute atomic E-state index is 0.0675. The Labute approximate surface area is 125 Å². The van der Waals surface area contributed by atoms with Crippen LogP contribution in [0.3, 0.4) is 0 Å². The fraction of sp³-hybridized carbons (Fsp3) is 0.357. The fourth-order valence-corrected chi connectivity index (χ4v) is 2.62. The number of hydrogen-bond acceptors (Lipinski definition) is 5. The predicted molar refractivity (Wildman–Crippen MR) is 73.8 cm³/mol. The lowest BCUT2D eigenvalue weighted by molar-refractivity contribution is 0.0381. The van der Waals surface area contributed by atoms with Gasteiger partial charge in [0, 0.05) is 13.0 Å². The number of ether oxygens (including phenoxy) is 1. The molecule has 1 aliphatic rings. The lowest BCUT2D eigenvalue weighted by atomic mass is 10.00. The van der Waals surface area contributed by atoms with Crippen molar-refractivity contribution in [3.05, 3.63) is 41.5 Å². The number of aromatic amines is 1. The van der Waals surface area contributed by atoms with E-state index < -0.39 is 17.3 Å². The zero-order valence-corrected chi connectivity index (χ0v) is 11.9. The van der Waals surface area contributed by atoms with E-state index in [2.05, 4.69) is 15.4 Å². The van der Waals surface area contributed by atoms with Gasteiger partial charge in [0.05, 0.1) is 25.4 Å². The number of carbonyl (C=O) groups is 1. The van der Waals surface area contributed by atoms with E-state index in [9.17, 15) is 14.3 Å². The summed E-state index contributed by atoms with van der Waals surface area (Å²) >= 11 is 0. The largest absolute Gasteiger partial charge is 0.496 e. The van der Waals surface area contributed by atoms with Gasteiger partial charge in [-0.05, 0) is 18.2 Å². The molecule has 0 saturated carbocycles. The summed E-state index contributed by atoms with van der Waals surface area (Å²) in [5.74, 6) is -0.617. The van der Waals surface area contributed by atoms with Crippen LogP contribution in [-0.4, -0.2) is 51.5 Å². The number of nitrogens with one attached hydrogen (secondary N) is 1. The van der Waals surface area contributed by atoms with Crippen LogP contribution in [0.25, 0.3) is 0 Å². The van der Waals surface area contributed by atoms with Crippen LogP contribution in [0.15, 0.2) is 24.4 Å². The molecule has 1 aromatic heterocycles. The number of likely N-dealkylation sites (tertiary alicyclic amines) is 1. The maximum atomic E-state index is 13.4. The number of H-pyrrole nitrogens is 1. The van der Waals surface area contributed by atoms with Crippen LogP contribution >= 0.6 is 0 Å². The molecule has 1 atom stereocenters. The summed E-state index contributed by atoms with van der Waals surface area (Å²) in [6.45, 7) is 0.403. The number of β-amino-alcohol motifs (C(OH)–C–C–N with tert-alkyl or cyclic N) is 1. The lowest BCUT2D eigenvalue weighted by Crippen LogP contribution is -2.34. The molecule has 0 spiro atoms. The fourth-order valence-electron chi connectivity index (χ4n) is 2.62. The molecule has 0 aliphatic carbocycles. The van der Waals surface area contributed by atoms with Crippen molar-refractivity contribution in [1.29, 1.82) is 0 Å². The molecular formula is C14H15FN4O3. The van der Waals surface area contributed by atoms with Crippen molar-refractivity contribution in [3.63, 3.8) is 0 Å². The molecular weight excluding hydrogens is 291 g/mol. The number of aliphatic hydroxyl groups is 1. The predicted octanol–water partition coefficient (Wildman–Crippen LogP) is 0.686. The van der Waals surface area contributed by atoms with Crippen LogP contribution in [0.2, 0.25) is 0 Å². The summed E-state index contributed by atoms with van der Waals surface area (Å²) in [5.41, 5.74) is -0.732. The van der Waals surface area contributed by atoms with E-state index in [4.69, 9.17) is 4.74 Å². The van der Waals surface area contributed by atoms with Crippen molar-refractivity contribution < 1.29 is 19.0 Å². The Hall–Kier alpha value is -2.48. The van der Waals surface area contributed by atoms with Crippen molar-refractivity contribution in [2.45, 2.75) is 12.0 Å². The first kappa shape index (κ1) is 14.5. The molecule has 2 heterocycles. The highest BCUT2D eigenvalue weighted by Gasteiger charge is 2.42. The zero-order valence-electron chi connectivity index (χ0n) is 11.9. The third kappa shape index (κ3) is 2.41. The Morgan fingerprint density at radius 2 is 2.36 bits per heavy atom. The number of halogens is 1. The maximum Gasteiger partial charge on any atom is 0.257 e. The standard InChI is InChI=1S/C14H15FN4O3/c1-22-11-3-2-9(15)6-10(11)13(20)19-5-4-14(21,8-19)12-7-16-18-17-12/h2-3,6-7,21H,4-5,8H2,1H3,(H,16,17,18)/t14-/m0/s1. The molecule has 2 N–H and O–H groups in total. The zero-order chi connectivity index (χ0) is 15.7. The Morgan fingerprint density at radius 1 is 1.55 bits per heavy atom. The van der Waals surface area contributed by atoms with Gasteiger partial charge in [-0.1, -0.05) is 0 Å². The van der Waals surface area contributed by atoms with Crippen molar-refractivity contribution in [2.24, 2.45) is 0 Å². The maximum absolute atomic E-state index is 13.4. The van der Waals surface area contributed by atoms with Gasteiger partial charge < -0.3 is 14.7 Å². The second-order valence-electron chi connectivity index (χ2n) is 5.21. The molecule has 1 fully saturated rings. The molecule has 22 heavy (non-hydrogen) atoms. The Kier molecular flexibility index (Phi) is 3.53. The average Bonchev–Trinajstić information content (AvgIpc) is 3.17. The van der Waals surface area contributed by atoms with Crippen molar-refractivity contribution in [2.75, 3.05) is 20.2 Å². The smallest absolute Gasteiger partial charge is 0.257 e. The third-order valence-electron chi connectivity index (χ3n) is 3.82. The van der Waals surface area contributed by atoms with Gasteiger partial charge in [0.25, 0.3) is 5.91 Å². The molecule has 1 aromatic carbocycles. The van der Waals surface area contributed by atoms with Crippen LogP contribution in [-0.2, 0) is 5.60 Å². The highest BCUT2D eigenvalue weighted by atomic mass is 19.1. The highest BCUT2D eigenvalue weighted by molar-refractivity contribution is 5.97. The summed E-state index contributed by atoms with van der Waals surface area (Å²) in [6, 6.07) is 3.77. The molecule has 7 nitrogen and oxygen atoms in total. The molecule has 0 bridgehead atoms. The molecule has 2 aromatic rings. The molecule has 1 saturated heterocycles. The minimum atomic E-state index is -1.25. The summed E-state index contributed by atoms with van der Waals surface area (Å²) in [5, 5.41) is 20.6. The van der Waals surface area contributed by atoms with E-state index in [1.165, 1.54) is 30.3 Å². The van der Waals surface area contributed by atoms with Gasteiger partial charge in [-0.3, -0.25) is 4.79 Å². The number of amides is 1. The molecule has 1 amide bonds. The topological polar surface area (TPSA) is 91.3 Å². The molecule has 0 unspecified atom stereocenters. The van der Waals surface area contributed by atoms with Crippen molar-refractivity contribution in [3.8, 4) is 5.75 Å². The number of hydrogen-bond donors (Lipinski definition) is 2. The van der Waals surface area contributed by atoms with Crippen LogP contribution in [0.4, 0.5) is 4.39 Å². The first-order valence-corrected chi connectivity index (χ1v) is 6.75. The van der Waals surface area contributed by atoms with E-state index in [1.54, 1.807) is 0 Å². The summed E-state index contributed by atoms with van der Waals surface area (Å²) < 4.78 is 18.5. The quantitative estimate of drug-likeness (QED) is 0.870. The van der Waals surface area contributed by atoms with Gasteiger partial charge in [0.2, 0.25) is 0 Å². The molecule has 8 heteroatoms. The number of nitrogens with zero attached hydrogens (tertiary/aromatic N) is 3. The van der Waals surface area contributed by atoms with E-state index in [1.807, 2.05) is 0 Å². The summed E-state index contributed by atoms with van der Waals surface area (Å²) in [6.07, 6.45) is 1.76. The number of carbonyl (C=O) groups excluding carboxylic acids is 1. The van der Waals surface area contributed by atoms with E-state index in [-0.39, 0.29) is 12.1 Å². The summed E-state index contributed by atoms with van der Waals surface area (Å²) in [7, 11) is 1.42. The molecule has 3 rings (SSSR count). The molecule has 0 radical (unpaired) electrons. The van der Waals surface area contributed by atoms with Gasteiger partial charge in [-0.2, -0.15) is 15.4 Å². The van der Waals surface area contributed by atoms with Gasteiger partial charge in [0.1, 0.15) is 22.9 Å². The van der Waals surface area contributed by atoms with Crippen LogP contribution in [0, 0.1) is 5.82 Å². The highest BCUT2D eigenvalue weighted by Crippen LogP contribution is 2.32. The van der Waals surface area contributed by atoms with Crippen molar-refractivity contribution >= 4 is 5.91 Å². The van der Waals surface area contributed by atoms with Crippen LogP contribution < -0.4 is 4.74 Å². The van der Waals surface area contributed by atoms with Crippen LogP contribution in [0.1, 0.15) is 22.5 Å². The second kappa shape index (κ2) is 5.38. The Morgan fingerprint density at radius 3 is 3.05 bits per heavy atom. The summed E-state index contributed by atoms with van der Waals surface area (Å²) in [4.78, 5) is 14.0. The van der Waals surface area contributed by atoms with Crippen molar-refractivity contribution in [1.82, 2.24) is 20.3 Å². The average molecular weight is 306 g/mol. The minimum Gasteiger partial charge on any atom is -0.496 e. The van der Waals surface area contributed by atoms with E-state index >= 15 is 0 Å². The van der Waals surface area contributed by atoms with Gasteiger partial charge in [-0.15, -0.1) is 0 Å². The molecule has 116 valence electrons. The number of aromatic nitrogens is 3. The second-order valence-corrected chi connectivity index (χ2v) is 5.21. The first-order chi connectivity index (χ1) is 10.5. The monoisotopic (exact) mass is 306 g/mol. The van der Waals surface area contributed by atoms with Gasteiger partial charge in [0.15, 0.2) is 0 Å². The number of methoxy groups -OCH3 is 1. The number of rotatable bonds is 3. The number of benzene rings is 1. The SMILES string of the molecule is COc1ccc(F)cc1C(=O)N1CC[C@@](O)(c2cn[nH]n2)C1. The van der Waals surface area contributed by atoms with Gasteiger partial charge in [-0.25, -0.2) is 4.39 Å². The Bertz CT molecular complexity index is 691. The third-order valence-corrected chi connectivity index (χ3v) is 3.82. The Balaban J connectivity index is 1.84.